The second-order valence-electron chi connectivity index (χ2n) is 12.1. The molecule has 0 unspecified atom stereocenters. The lowest BCUT2D eigenvalue weighted by Crippen LogP contribution is -2.58. The molecule has 0 heterocycles. The van der Waals surface area contributed by atoms with Crippen LogP contribution in [0.5, 0.6) is 0 Å². The van der Waals surface area contributed by atoms with Crippen molar-refractivity contribution in [3.63, 3.8) is 0 Å². The Bertz CT molecular complexity index is 827. The van der Waals surface area contributed by atoms with Gasteiger partial charge in [0.25, 0.3) is 0 Å². The summed E-state index contributed by atoms with van der Waals surface area (Å²) in [6.45, 7) is 12.3. The molecule has 3 aliphatic rings. The van der Waals surface area contributed by atoms with Crippen molar-refractivity contribution in [1.29, 1.82) is 0 Å². The van der Waals surface area contributed by atoms with Gasteiger partial charge in [-0.05, 0) is 86.8 Å². The zero-order chi connectivity index (χ0) is 26.1. The fourth-order valence-corrected chi connectivity index (χ4v) is 7.28. The van der Waals surface area contributed by atoms with Gasteiger partial charge in [0, 0.05) is 11.8 Å². The van der Waals surface area contributed by atoms with Gasteiger partial charge in [0.1, 0.15) is 0 Å². The van der Waals surface area contributed by atoms with E-state index in [1.807, 2.05) is 26.0 Å². The van der Waals surface area contributed by atoms with Crippen molar-refractivity contribution in [2.24, 2.45) is 11.3 Å². The molecule has 0 saturated heterocycles. The topological polar surface area (TPSA) is 101 Å². The highest BCUT2D eigenvalue weighted by Gasteiger charge is 2.67. The maximum absolute atomic E-state index is 12.0. The number of fused-ring (bicyclic) bond motifs is 1. The van der Waals surface area contributed by atoms with Crippen LogP contribution >= 0.6 is 0 Å². The highest BCUT2D eigenvalue weighted by Crippen LogP contribution is 2.64. The molecular weight excluding hydrogens is 440 g/mol. The summed E-state index contributed by atoms with van der Waals surface area (Å²) in [6.07, 6.45) is 12.1. The van der Waals surface area contributed by atoms with Gasteiger partial charge in [-0.25, -0.2) is 0 Å². The molecule has 3 saturated carbocycles. The predicted octanol–water partition coefficient (Wildman–Crippen LogP) is 5.10. The summed E-state index contributed by atoms with van der Waals surface area (Å²) < 4.78 is 0. The van der Waals surface area contributed by atoms with E-state index in [9.17, 15) is 25.5 Å². The lowest BCUT2D eigenvalue weighted by molar-refractivity contribution is -0.164. The van der Waals surface area contributed by atoms with E-state index in [-0.39, 0.29) is 5.92 Å². The van der Waals surface area contributed by atoms with Crippen LogP contribution in [0.2, 0.25) is 0 Å². The largest absolute Gasteiger partial charge is 0.393 e. The van der Waals surface area contributed by atoms with Crippen LogP contribution in [-0.2, 0) is 0 Å². The highest BCUT2D eigenvalue weighted by atomic mass is 16.3. The molecule has 5 nitrogen and oxygen atoms in total. The first-order valence-corrected chi connectivity index (χ1v) is 14.0. The molecule has 5 N–H and O–H groups in total. The van der Waals surface area contributed by atoms with Crippen molar-refractivity contribution in [2.75, 3.05) is 0 Å². The normalized spacial score (nSPS) is 39.3. The first-order chi connectivity index (χ1) is 16.4. The smallest absolute Gasteiger partial charge is 0.0941 e. The van der Waals surface area contributed by atoms with Gasteiger partial charge in [-0.1, -0.05) is 59.3 Å². The molecule has 6 atom stereocenters. The molecule has 0 aromatic heterocycles. The molecule has 200 valence electrons. The van der Waals surface area contributed by atoms with Gasteiger partial charge < -0.3 is 25.5 Å². The number of unbranched alkanes of at least 4 members (excludes halogenated alkanes) is 1. The van der Waals surface area contributed by atoms with E-state index in [0.717, 1.165) is 68.9 Å². The number of rotatable bonds is 9. The van der Waals surface area contributed by atoms with Gasteiger partial charge in [-0.2, -0.15) is 0 Å². The molecule has 0 amide bonds. The minimum Gasteiger partial charge on any atom is -0.393 e. The Morgan fingerprint density at radius 2 is 1.77 bits per heavy atom. The third kappa shape index (κ3) is 5.22. The molecule has 0 aromatic rings. The van der Waals surface area contributed by atoms with Crippen molar-refractivity contribution >= 4 is 0 Å². The Labute approximate surface area is 212 Å². The van der Waals surface area contributed by atoms with Gasteiger partial charge in [0.2, 0.25) is 0 Å². The monoisotopic (exact) mass is 490 g/mol. The number of hydrogen-bond donors (Lipinski definition) is 5. The maximum Gasteiger partial charge on any atom is 0.0941 e. The molecule has 3 fully saturated rings. The van der Waals surface area contributed by atoms with Crippen LogP contribution < -0.4 is 0 Å². The van der Waals surface area contributed by atoms with E-state index >= 15 is 0 Å². The van der Waals surface area contributed by atoms with Crippen LogP contribution in [0.4, 0.5) is 0 Å². The Kier molecular flexibility index (Phi) is 8.81. The van der Waals surface area contributed by atoms with E-state index in [1.165, 1.54) is 0 Å². The van der Waals surface area contributed by atoms with Crippen LogP contribution in [0.3, 0.4) is 0 Å². The van der Waals surface area contributed by atoms with E-state index in [4.69, 9.17) is 0 Å². The number of allylic oxidation sites excluding steroid dienone is 2. The summed E-state index contributed by atoms with van der Waals surface area (Å²) in [5, 5.41) is 54.9. The van der Waals surface area contributed by atoms with Crippen molar-refractivity contribution in [2.45, 2.75) is 140 Å². The van der Waals surface area contributed by atoms with Crippen LogP contribution in [0.1, 0.15) is 111 Å². The molecule has 3 aliphatic carbocycles. The molecule has 0 bridgehead atoms. The second-order valence-corrected chi connectivity index (χ2v) is 12.1. The second kappa shape index (κ2) is 10.8. The summed E-state index contributed by atoms with van der Waals surface area (Å²) in [5.41, 5.74) is -0.789. The van der Waals surface area contributed by atoms with E-state index in [1.54, 1.807) is 0 Å². The number of aliphatic hydroxyl groups excluding tert-OH is 2. The minimum atomic E-state index is -1.07. The third-order valence-electron chi connectivity index (χ3n) is 10.3. The van der Waals surface area contributed by atoms with Crippen LogP contribution in [0.25, 0.3) is 0 Å². The van der Waals surface area contributed by atoms with E-state index in [2.05, 4.69) is 20.4 Å². The Hall–Kier alpha value is -0.980. The minimum absolute atomic E-state index is 0.0546. The molecule has 0 spiro atoms. The molecule has 0 radical (unpaired) electrons. The molecule has 0 aromatic carbocycles. The third-order valence-corrected chi connectivity index (χ3v) is 10.3. The van der Waals surface area contributed by atoms with Crippen LogP contribution in [0.15, 0.2) is 35.5 Å². The van der Waals surface area contributed by atoms with Crippen LogP contribution in [0, 0.1) is 11.3 Å². The Balaban J connectivity index is 1.75. The first-order valence-electron chi connectivity index (χ1n) is 14.0. The van der Waals surface area contributed by atoms with Crippen molar-refractivity contribution in [3.8, 4) is 0 Å². The summed E-state index contributed by atoms with van der Waals surface area (Å²) in [4.78, 5) is 0. The summed E-state index contributed by atoms with van der Waals surface area (Å²) in [7, 11) is 0. The van der Waals surface area contributed by atoms with Gasteiger partial charge in [0.15, 0.2) is 0 Å². The standard InChI is InChI=1S/C30H50O5/c1-6-28(33,7-2)16-9-8-11-21(3)29(34)17-18-30(35)24(12-10-15-27(29,30)5)14-13-23-19-25(31)20-26(32)22(23)4/h13-14,21,25-26,31-35H,4,6-12,15-20H2,1-3,5H3/b23-13-,24-14+/t21-,25+,26-,27+,29-,30+/m0/s1. The molecular formula is C30H50O5. The summed E-state index contributed by atoms with van der Waals surface area (Å²) >= 11 is 0. The Morgan fingerprint density at radius 1 is 1.09 bits per heavy atom. The first kappa shape index (κ1) is 28.6. The van der Waals surface area contributed by atoms with Gasteiger partial charge in [-0.15, -0.1) is 0 Å². The zero-order valence-electron chi connectivity index (χ0n) is 22.5. The van der Waals surface area contributed by atoms with E-state index < -0.39 is 34.4 Å². The number of hydrogen-bond acceptors (Lipinski definition) is 5. The van der Waals surface area contributed by atoms with Gasteiger partial charge in [-0.3, -0.25) is 0 Å². The van der Waals surface area contributed by atoms with Gasteiger partial charge >= 0.3 is 0 Å². The van der Waals surface area contributed by atoms with E-state index in [0.29, 0.717) is 31.3 Å². The molecule has 0 aliphatic heterocycles. The predicted molar refractivity (Wildman–Crippen MR) is 141 cm³/mol. The fraction of sp³-hybridized carbons (Fsp3) is 0.800. The van der Waals surface area contributed by atoms with Crippen molar-refractivity contribution in [1.82, 2.24) is 0 Å². The molecule has 5 heteroatoms. The molecule has 3 rings (SSSR count). The quantitative estimate of drug-likeness (QED) is 0.289. The highest BCUT2D eigenvalue weighted by molar-refractivity contribution is 5.41. The molecule has 35 heavy (non-hydrogen) atoms. The lowest BCUT2D eigenvalue weighted by Gasteiger charge is -2.53. The summed E-state index contributed by atoms with van der Waals surface area (Å²) in [6, 6.07) is 0. The average Bonchev–Trinajstić information content (AvgIpc) is 3.05. The fourth-order valence-electron chi connectivity index (χ4n) is 7.28. The van der Waals surface area contributed by atoms with Crippen molar-refractivity contribution in [3.05, 3.63) is 35.5 Å². The maximum atomic E-state index is 12.0. The van der Waals surface area contributed by atoms with Crippen molar-refractivity contribution < 1.29 is 25.5 Å². The zero-order valence-corrected chi connectivity index (χ0v) is 22.5. The average molecular weight is 491 g/mol. The lowest BCUT2D eigenvalue weighted by atomic mass is 9.56. The SMILES string of the molecule is C=C1/C(=C\C=C2/CCC[C@@]3(C)[C@@]2(O)CC[C@]3(O)[C@@H](C)CCCCC(O)(CC)CC)C[C@@H](O)C[C@@H]1O. The van der Waals surface area contributed by atoms with Crippen LogP contribution in [-0.4, -0.2) is 54.5 Å². The number of aliphatic hydroxyl groups is 5. The Morgan fingerprint density at radius 3 is 2.43 bits per heavy atom. The van der Waals surface area contributed by atoms with Gasteiger partial charge in [0.05, 0.1) is 29.0 Å². The summed E-state index contributed by atoms with van der Waals surface area (Å²) in [5.74, 6) is 0.0546.